The van der Waals surface area contributed by atoms with E-state index >= 15 is 0 Å². The number of phosphoric acid groups is 1. The zero-order valence-corrected chi connectivity index (χ0v) is 41.0. The minimum atomic E-state index is -4.29. The van der Waals surface area contributed by atoms with Crippen molar-refractivity contribution >= 4 is 13.8 Å². The molecule has 0 rings (SSSR count). The highest BCUT2D eigenvalue weighted by Gasteiger charge is 2.25. The van der Waals surface area contributed by atoms with Gasteiger partial charge in [-0.2, -0.15) is 0 Å². The van der Waals surface area contributed by atoms with E-state index in [1.54, 1.807) is 0 Å². The molecule has 0 aliphatic rings. The second-order valence-electron chi connectivity index (χ2n) is 16.7. The van der Waals surface area contributed by atoms with Crippen molar-refractivity contribution in [3.8, 4) is 0 Å². The molecule has 0 bridgehead atoms. The molecule has 62 heavy (non-hydrogen) atoms. The number of rotatable bonds is 48. The Morgan fingerprint density at radius 2 is 0.855 bits per heavy atom. The summed E-state index contributed by atoms with van der Waals surface area (Å²) in [5, 5.41) is 0. The molecule has 2 atom stereocenters. The van der Waals surface area contributed by atoms with Crippen molar-refractivity contribution in [3.63, 3.8) is 0 Å². The Kier molecular flexibility index (Phi) is 48.3. The van der Waals surface area contributed by atoms with E-state index in [0.717, 1.165) is 70.6 Å². The molecule has 0 aromatic carbocycles. The maximum Gasteiger partial charge on any atom is 0.472 e. The van der Waals surface area contributed by atoms with Gasteiger partial charge in [-0.1, -0.05) is 196 Å². The van der Waals surface area contributed by atoms with Gasteiger partial charge in [-0.15, -0.1) is 0 Å². The van der Waals surface area contributed by atoms with Gasteiger partial charge in [-0.3, -0.25) is 13.8 Å². The number of allylic oxidation sites excluding steroid dienone is 12. The van der Waals surface area contributed by atoms with Gasteiger partial charge in [0.1, 0.15) is 6.10 Å². The highest BCUT2D eigenvalue weighted by molar-refractivity contribution is 7.47. The highest BCUT2D eigenvalue weighted by Crippen LogP contribution is 2.43. The minimum Gasteiger partial charge on any atom is -0.457 e. The predicted molar refractivity (Wildman–Crippen MR) is 265 cm³/mol. The van der Waals surface area contributed by atoms with Crippen LogP contribution in [0.4, 0.5) is 0 Å². The van der Waals surface area contributed by atoms with Crippen molar-refractivity contribution < 1.29 is 32.8 Å². The lowest BCUT2D eigenvalue weighted by Crippen LogP contribution is -2.28. The van der Waals surface area contributed by atoms with Crippen molar-refractivity contribution in [2.45, 2.75) is 225 Å². The summed E-state index contributed by atoms with van der Waals surface area (Å²) in [6.45, 7) is 4.86. The molecule has 0 aliphatic heterocycles. The number of nitrogens with two attached hydrogens (primary N) is 1. The van der Waals surface area contributed by atoms with E-state index in [-0.39, 0.29) is 32.3 Å². The van der Waals surface area contributed by atoms with Gasteiger partial charge in [-0.25, -0.2) is 4.57 Å². The summed E-state index contributed by atoms with van der Waals surface area (Å²) in [5.74, 6) is -0.346. The lowest BCUT2D eigenvalue weighted by Gasteiger charge is -2.20. The molecule has 360 valence electrons. The number of carbonyl (C=O) groups excluding carboxylic acids is 1. The van der Waals surface area contributed by atoms with Crippen molar-refractivity contribution in [1.29, 1.82) is 0 Å². The van der Waals surface area contributed by atoms with Gasteiger partial charge in [-0.05, 0) is 89.9 Å². The van der Waals surface area contributed by atoms with E-state index in [0.29, 0.717) is 13.0 Å². The van der Waals surface area contributed by atoms with Crippen LogP contribution in [0.5, 0.6) is 0 Å². The summed E-state index contributed by atoms with van der Waals surface area (Å²) in [5.41, 5.74) is 5.39. The lowest BCUT2D eigenvalue weighted by atomic mass is 10.1. The molecule has 0 fully saturated rings. The number of phosphoric ester groups is 1. The molecule has 0 aromatic rings. The molecular weight excluding hydrogens is 794 g/mol. The molecule has 0 aliphatic carbocycles. The third kappa shape index (κ3) is 49.0. The molecule has 0 saturated heterocycles. The van der Waals surface area contributed by atoms with Crippen LogP contribution in [0.2, 0.25) is 0 Å². The Labute approximate surface area is 382 Å². The van der Waals surface area contributed by atoms with Crippen LogP contribution in [0.3, 0.4) is 0 Å². The molecule has 0 amide bonds. The van der Waals surface area contributed by atoms with Crippen molar-refractivity contribution in [1.82, 2.24) is 0 Å². The quantitative estimate of drug-likeness (QED) is 0.0268. The Morgan fingerprint density at radius 3 is 1.31 bits per heavy atom. The summed E-state index contributed by atoms with van der Waals surface area (Å²) >= 11 is 0. The van der Waals surface area contributed by atoms with Crippen LogP contribution < -0.4 is 5.73 Å². The molecule has 0 aromatic heterocycles. The third-order valence-electron chi connectivity index (χ3n) is 10.6. The second kappa shape index (κ2) is 49.9. The van der Waals surface area contributed by atoms with E-state index in [1.165, 1.54) is 128 Å². The lowest BCUT2D eigenvalue weighted by molar-refractivity contribution is -0.154. The minimum absolute atomic E-state index is 0.0937. The fraction of sp³-hybridized carbons (Fsp3) is 0.755. The molecule has 9 heteroatoms. The highest BCUT2D eigenvalue weighted by atomic mass is 31.2. The number of hydrogen-bond acceptors (Lipinski definition) is 7. The van der Waals surface area contributed by atoms with Crippen LogP contribution in [0.1, 0.15) is 219 Å². The first kappa shape index (κ1) is 59.9. The molecule has 2 unspecified atom stereocenters. The third-order valence-corrected chi connectivity index (χ3v) is 11.6. The van der Waals surface area contributed by atoms with Crippen molar-refractivity contribution in [3.05, 3.63) is 72.9 Å². The number of carbonyl (C=O) groups is 1. The van der Waals surface area contributed by atoms with Crippen LogP contribution >= 0.6 is 7.82 Å². The number of hydrogen-bond donors (Lipinski definition) is 2. The largest absolute Gasteiger partial charge is 0.472 e. The first-order valence-electron chi connectivity index (χ1n) is 25.4. The molecule has 0 saturated carbocycles. The van der Waals surface area contributed by atoms with Gasteiger partial charge in [0.05, 0.1) is 19.8 Å². The number of unbranched alkanes of at least 4 members (excludes halogenated alkanes) is 23. The second-order valence-corrected chi connectivity index (χ2v) is 18.1. The van der Waals surface area contributed by atoms with Gasteiger partial charge < -0.3 is 20.1 Å². The van der Waals surface area contributed by atoms with E-state index < -0.39 is 13.9 Å². The molecule has 8 nitrogen and oxygen atoms in total. The van der Waals surface area contributed by atoms with Gasteiger partial charge in [0.2, 0.25) is 0 Å². The normalized spacial score (nSPS) is 13.9. The SMILES string of the molecule is CCCCC/C=C\C/C=C\C/C=C\CCCCCCCCC(=O)OC(COCCCCCCCCCCC/C=C\C/C=C\C/C=C\CCCCCCC)COP(=O)(O)OCCN. The maximum atomic E-state index is 12.6. The summed E-state index contributed by atoms with van der Waals surface area (Å²) in [7, 11) is -4.29. The van der Waals surface area contributed by atoms with Crippen LogP contribution in [0.15, 0.2) is 72.9 Å². The van der Waals surface area contributed by atoms with Gasteiger partial charge in [0.25, 0.3) is 0 Å². The number of esters is 1. The Hall–Kier alpha value is -2.06. The number of ether oxygens (including phenoxy) is 2. The molecule has 0 heterocycles. The average Bonchev–Trinajstić information content (AvgIpc) is 3.26. The molecule has 0 radical (unpaired) electrons. The van der Waals surface area contributed by atoms with E-state index in [2.05, 4.69) is 86.8 Å². The first-order valence-corrected chi connectivity index (χ1v) is 26.9. The van der Waals surface area contributed by atoms with Crippen LogP contribution in [-0.4, -0.2) is 49.9 Å². The Bertz CT molecular complexity index is 1180. The van der Waals surface area contributed by atoms with Crippen LogP contribution in [-0.2, 0) is 27.9 Å². The zero-order valence-electron chi connectivity index (χ0n) is 40.1. The Morgan fingerprint density at radius 1 is 0.484 bits per heavy atom. The Balaban J connectivity index is 4.00. The fourth-order valence-electron chi connectivity index (χ4n) is 6.83. The van der Waals surface area contributed by atoms with Crippen LogP contribution in [0.25, 0.3) is 0 Å². The van der Waals surface area contributed by atoms with Crippen molar-refractivity contribution in [2.24, 2.45) is 5.73 Å². The van der Waals surface area contributed by atoms with Gasteiger partial charge in [0.15, 0.2) is 0 Å². The van der Waals surface area contributed by atoms with Crippen molar-refractivity contribution in [2.75, 3.05) is 33.0 Å². The fourth-order valence-corrected chi connectivity index (χ4v) is 7.60. The van der Waals surface area contributed by atoms with Crippen LogP contribution in [0, 0.1) is 0 Å². The standard InChI is InChI=1S/C53H96NO7P/c1-3-5-7-9-11-13-15-17-19-21-23-24-25-26-27-29-31-33-35-37-39-41-43-45-48-58-50-52(51-60-62(56,57)59-49-47-54)61-53(55)46-44-42-40-38-36-34-32-30-28-22-20-18-16-14-12-10-8-6-4-2/h12,14-15,17-18,20-21,23,25-26,28,30,52H,3-11,13,16,19,22,24,27,29,31-51,54H2,1-2H3,(H,56,57)/b14-12-,17-15-,20-18-,23-21-,26-25-,30-28-. The van der Waals surface area contributed by atoms with E-state index in [1.807, 2.05) is 0 Å². The monoisotopic (exact) mass is 890 g/mol. The topological polar surface area (TPSA) is 117 Å². The maximum absolute atomic E-state index is 12.6. The zero-order chi connectivity index (χ0) is 45.1. The van der Waals surface area contributed by atoms with Gasteiger partial charge >= 0.3 is 13.8 Å². The molecular formula is C53H96NO7P. The summed E-state index contributed by atoms with van der Waals surface area (Å²) in [6, 6.07) is 0. The smallest absolute Gasteiger partial charge is 0.457 e. The van der Waals surface area contributed by atoms with E-state index in [4.69, 9.17) is 24.3 Å². The summed E-state index contributed by atoms with van der Waals surface area (Å²) < 4.78 is 33.6. The van der Waals surface area contributed by atoms with E-state index in [9.17, 15) is 14.3 Å². The first-order chi connectivity index (χ1) is 30.4. The van der Waals surface area contributed by atoms with Gasteiger partial charge in [0, 0.05) is 19.6 Å². The summed E-state index contributed by atoms with van der Waals surface area (Å²) in [4.78, 5) is 22.6. The average molecular weight is 890 g/mol. The predicted octanol–water partition coefficient (Wildman–Crippen LogP) is 15.9. The summed E-state index contributed by atoms with van der Waals surface area (Å²) in [6.07, 6.45) is 63.6. The molecule has 3 N–H and O–H groups in total. The molecule has 0 spiro atoms.